The van der Waals surface area contributed by atoms with Gasteiger partial charge in [0.2, 0.25) is 10.0 Å². The zero-order valence-electron chi connectivity index (χ0n) is 11.6. The summed E-state index contributed by atoms with van der Waals surface area (Å²) in [6.07, 6.45) is 3.99. The number of benzene rings is 1. The van der Waals surface area contributed by atoms with Crippen LogP contribution in [0.4, 0.5) is 8.78 Å². The molecule has 7 heteroatoms. The van der Waals surface area contributed by atoms with Crippen molar-refractivity contribution in [3.8, 4) is 0 Å². The first-order valence-electron chi connectivity index (χ1n) is 7.03. The maximum absolute atomic E-state index is 13.5. The molecule has 2 rings (SSSR count). The average Bonchev–Trinajstić information content (AvgIpc) is 2.45. The molecule has 0 unspecified atom stereocenters. The van der Waals surface area contributed by atoms with Gasteiger partial charge in [0.1, 0.15) is 11.6 Å². The molecular formula is C14H19F2NO3S. The number of hydrogen-bond donors (Lipinski definition) is 2. The van der Waals surface area contributed by atoms with Crippen molar-refractivity contribution in [1.82, 2.24) is 4.72 Å². The van der Waals surface area contributed by atoms with E-state index in [1.807, 2.05) is 0 Å². The van der Waals surface area contributed by atoms with Crippen molar-refractivity contribution in [2.24, 2.45) is 5.92 Å². The van der Waals surface area contributed by atoms with Gasteiger partial charge in [0.25, 0.3) is 0 Å². The summed E-state index contributed by atoms with van der Waals surface area (Å²) < 4.78 is 53.0. The van der Waals surface area contributed by atoms with Crippen molar-refractivity contribution in [2.45, 2.75) is 43.1 Å². The minimum Gasteiger partial charge on any atom is -0.391 e. The summed E-state index contributed by atoms with van der Waals surface area (Å²) in [5.74, 6) is -2.25. The molecular weight excluding hydrogens is 300 g/mol. The van der Waals surface area contributed by atoms with E-state index in [0.29, 0.717) is 0 Å². The van der Waals surface area contributed by atoms with Crippen LogP contribution in [0.15, 0.2) is 23.1 Å². The van der Waals surface area contributed by atoms with Crippen LogP contribution in [0.25, 0.3) is 0 Å². The summed E-state index contributed by atoms with van der Waals surface area (Å²) in [4.78, 5) is -0.999. The lowest BCUT2D eigenvalue weighted by molar-refractivity contribution is 0.0888. The number of hydrogen-bond acceptors (Lipinski definition) is 3. The Balaban J connectivity index is 2.04. The van der Waals surface area contributed by atoms with Crippen LogP contribution in [0.3, 0.4) is 0 Å². The van der Waals surface area contributed by atoms with E-state index >= 15 is 0 Å². The second kappa shape index (κ2) is 6.81. The van der Waals surface area contributed by atoms with Gasteiger partial charge in [-0.2, -0.15) is 0 Å². The van der Waals surface area contributed by atoms with E-state index in [4.69, 9.17) is 0 Å². The average molecular weight is 319 g/mol. The van der Waals surface area contributed by atoms with Gasteiger partial charge in [-0.1, -0.05) is 25.3 Å². The summed E-state index contributed by atoms with van der Waals surface area (Å²) >= 11 is 0. The van der Waals surface area contributed by atoms with Crippen molar-refractivity contribution in [3.05, 3.63) is 29.8 Å². The quantitative estimate of drug-likeness (QED) is 0.874. The van der Waals surface area contributed by atoms with E-state index in [1.54, 1.807) is 0 Å². The minimum absolute atomic E-state index is 0.0342. The second-order valence-electron chi connectivity index (χ2n) is 5.37. The normalized spacial score (nSPS) is 18.6. The predicted octanol–water partition coefficient (Wildman–Crippen LogP) is 2.18. The van der Waals surface area contributed by atoms with Crippen LogP contribution in [0.1, 0.15) is 32.1 Å². The number of aliphatic hydroxyl groups is 1. The van der Waals surface area contributed by atoms with Gasteiger partial charge < -0.3 is 5.11 Å². The third-order valence-corrected chi connectivity index (χ3v) is 5.34. The van der Waals surface area contributed by atoms with Crippen LogP contribution >= 0.6 is 0 Å². The molecule has 1 aromatic rings. The van der Waals surface area contributed by atoms with Crippen molar-refractivity contribution in [2.75, 3.05) is 6.54 Å². The molecule has 0 bridgehead atoms. The standard InChI is InChI=1S/C14H19F2NO3S/c15-11-7-4-8-12(16)14(11)21(19,20)17-9-13(18)10-5-2-1-3-6-10/h4,7-8,10,13,17-18H,1-3,5-6,9H2/t13-/m0/s1. The monoisotopic (exact) mass is 319 g/mol. The van der Waals surface area contributed by atoms with Gasteiger partial charge in [-0.3, -0.25) is 0 Å². The molecule has 0 aliphatic heterocycles. The number of rotatable bonds is 5. The predicted molar refractivity (Wildman–Crippen MR) is 74.1 cm³/mol. The lowest BCUT2D eigenvalue weighted by Gasteiger charge is -2.26. The highest BCUT2D eigenvalue weighted by molar-refractivity contribution is 7.89. The lowest BCUT2D eigenvalue weighted by Crippen LogP contribution is -2.37. The fourth-order valence-electron chi connectivity index (χ4n) is 2.69. The molecule has 1 aliphatic carbocycles. The maximum Gasteiger partial charge on any atom is 0.246 e. The van der Waals surface area contributed by atoms with E-state index in [2.05, 4.69) is 4.72 Å². The largest absolute Gasteiger partial charge is 0.391 e. The number of aliphatic hydroxyl groups excluding tert-OH is 1. The molecule has 0 spiro atoms. The molecule has 1 aromatic carbocycles. The first-order valence-corrected chi connectivity index (χ1v) is 8.52. The Bertz CT molecular complexity index is 566. The Kier molecular flexibility index (Phi) is 5.29. The molecule has 4 nitrogen and oxygen atoms in total. The van der Waals surface area contributed by atoms with Crippen LogP contribution in [0.5, 0.6) is 0 Å². The van der Waals surface area contributed by atoms with Gasteiger partial charge in [-0.15, -0.1) is 0 Å². The van der Waals surface area contributed by atoms with Gasteiger partial charge >= 0.3 is 0 Å². The molecule has 118 valence electrons. The third kappa shape index (κ3) is 3.99. The molecule has 1 aliphatic rings. The summed E-state index contributed by atoms with van der Waals surface area (Å²) in [7, 11) is -4.32. The fraction of sp³-hybridized carbons (Fsp3) is 0.571. The first kappa shape index (κ1) is 16.3. The zero-order chi connectivity index (χ0) is 15.5. The summed E-state index contributed by atoms with van der Waals surface area (Å²) in [5.41, 5.74) is 0. The van der Waals surface area contributed by atoms with Crippen molar-refractivity contribution in [1.29, 1.82) is 0 Å². The van der Waals surface area contributed by atoms with Gasteiger partial charge in [0.15, 0.2) is 4.90 Å². The summed E-state index contributed by atoms with van der Waals surface area (Å²) in [6, 6.07) is 2.87. The molecule has 1 fully saturated rings. The second-order valence-corrected chi connectivity index (χ2v) is 7.07. The van der Waals surface area contributed by atoms with Gasteiger partial charge in [0, 0.05) is 6.54 Å². The summed E-state index contributed by atoms with van der Waals surface area (Å²) in [5, 5.41) is 10.0. The Labute approximate surface area is 123 Å². The van der Waals surface area contributed by atoms with E-state index in [-0.39, 0.29) is 12.5 Å². The Morgan fingerprint density at radius 2 is 1.76 bits per heavy atom. The summed E-state index contributed by atoms with van der Waals surface area (Å²) in [6.45, 7) is -0.235. The van der Waals surface area contributed by atoms with Crippen LogP contribution in [-0.2, 0) is 10.0 Å². The Morgan fingerprint density at radius 3 is 2.33 bits per heavy atom. The highest BCUT2D eigenvalue weighted by Crippen LogP contribution is 2.26. The van der Waals surface area contributed by atoms with E-state index in [9.17, 15) is 22.3 Å². The molecule has 0 aromatic heterocycles. The van der Waals surface area contributed by atoms with Crippen molar-refractivity contribution < 1.29 is 22.3 Å². The molecule has 21 heavy (non-hydrogen) atoms. The van der Waals surface area contributed by atoms with Crippen molar-refractivity contribution in [3.63, 3.8) is 0 Å². The van der Waals surface area contributed by atoms with Crippen LogP contribution in [-0.4, -0.2) is 26.2 Å². The Hall–Kier alpha value is -1.05. The van der Waals surface area contributed by atoms with E-state index in [0.717, 1.165) is 50.3 Å². The number of halogens is 2. The van der Waals surface area contributed by atoms with E-state index < -0.39 is 32.7 Å². The SMILES string of the molecule is O=S(=O)(NC[C@H](O)C1CCCCC1)c1c(F)cccc1F. The smallest absolute Gasteiger partial charge is 0.246 e. The molecule has 0 amide bonds. The maximum atomic E-state index is 13.5. The fourth-order valence-corrected chi connectivity index (χ4v) is 3.88. The minimum atomic E-state index is -4.32. The van der Waals surface area contributed by atoms with Gasteiger partial charge in [-0.05, 0) is 30.9 Å². The highest BCUT2D eigenvalue weighted by atomic mass is 32.2. The lowest BCUT2D eigenvalue weighted by atomic mass is 9.85. The molecule has 2 N–H and O–H groups in total. The van der Waals surface area contributed by atoms with Crippen LogP contribution < -0.4 is 4.72 Å². The number of sulfonamides is 1. The topological polar surface area (TPSA) is 66.4 Å². The first-order chi connectivity index (χ1) is 9.92. The van der Waals surface area contributed by atoms with Crippen molar-refractivity contribution >= 4 is 10.0 Å². The Morgan fingerprint density at radius 1 is 1.19 bits per heavy atom. The molecule has 0 radical (unpaired) electrons. The molecule has 0 heterocycles. The van der Waals surface area contributed by atoms with Gasteiger partial charge in [0.05, 0.1) is 6.10 Å². The van der Waals surface area contributed by atoms with Crippen LogP contribution in [0.2, 0.25) is 0 Å². The molecule has 1 saturated carbocycles. The third-order valence-electron chi connectivity index (χ3n) is 3.86. The zero-order valence-corrected chi connectivity index (χ0v) is 12.4. The molecule has 1 atom stereocenters. The van der Waals surface area contributed by atoms with E-state index in [1.165, 1.54) is 0 Å². The van der Waals surface area contributed by atoms with Crippen LogP contribution in [0, 0.1) is 17.6 Å². The highest BCUT2D eigenvalue weighted by Gasteiger charge is 2.27. The molecule has 0 saturated heterocycles. The number of nitrogens with one attached hydrogen (secondary N) is 1. The van der Waals surface area contributed by atoms with Gasteiger partial charge in [-0.25, -0.2) is 21.9 Å².